The van der Waals surface area contributed by atoms with Crippen molar-refractivity contribution < 1.29 is 18.0 Å². The first-order valence-corrected chi connectivity index (χ1v) is 6.98. The zero-order valence-electron chi connectivity index (χ0n) is 12.8. The summed E-state index contributed by atoms with van der Waals surface area (Å²) in [4.78, 5) is 21.7. The van der Waals surface area contributed by atoms with E-state index < -0.39 is 11.7 Å². The van der Waals surface area contributed by atoms with Gasteiger partial charge in [0.25, 0.3) is 5.91 Å². The van der Waals surface area contributed by atoms with Gasteiger partial charge in [-0.05, 0) is 37.1 Å². The Hall–Kier alpha value is -2.44. The van der Waals surface area contributed by atoms with Crippen molar-refractivity contribution in [2.24, 2.45) is 0 Å². The second kappa shape index (κ2) is 6.76. The Bertz CT molecular complexity index is 684. The highest BCUT2D eigenvalue weighted by molar-refractivity contribution is 5.92. The normalized spacial score (nSPS) is 11.3. The number of hydrogen-bond acceptors (Lipinski definition) is 3. The minimum Gasteiger partial charge on any atom is -0.340 e. The van der Waals surface area contributed by atoms with E-state index in [0.717, 1.165) is 17.7 Å². The molecule has 4 nitrogen and oxygen atoms in total. The van der Waals surface area contributed by atoms with Crippen molar-refractivity contribution in [3.63, 3.8) is 0 Å². The highest BCUT2D eigenvalue weighted by atomic mass is 19.4. The van der Waals surface area contributed by atoms with Crippen LogP contribution in [0.5, 0.6) is 0 Å². The lowest BCUT2D eigenvalue weighted by molar-refractivity contribution is -0.137. The van der Waals surface area contributed by atoms with Crippen LogP contribution in [-0.4, -0.2) is 34.4 Å². The van der Waals surface area contributed by atoms with Gasteiger partial charge in [-0.2, -0.15) is 13.2 Å². The molecule has 1 aromatic carbocycles. The van der Waals surface area contributed by atoms with Crippen LogP contribution in [-0.2, 0) is 12.6 Å². The summed E-state index contributed by atoms with van der Waals surface area (Å²) in [7, 11) is 1.63. The summed E-state index contributed by atoms with van der Waals surface area (Å²) in [6.07, 6.45) is -2.36. The molecule has 0 aliphatic rings. The van der Waals surface area contributed by atoms with Crippen molar-refractivity contribution in [2.75, 3.05) is 13.6 Å². The van der Waals surface area contributed by atoms with Crippen LogP contribution in [0.25, 0.3) is 0 Å². The first-order valence-electron chi connectivity index (χ1n) is 6.98. The van der Waals surface area contributed by atoms with Crippen LogP contribution in [0.15, 0.2) is 36.5 Å². The minimum atomic E-state index is -4.34. The summed E-state index contributed by atoms with van der Waals surface area (Å²) in [5.74, 6) is 0.259. The Labute approximate surface area is 132 Å². The van der Waals surface area contributed by atoms with Gasteiger partial charge in [-0.15, -0.1) is 0 Å². The standard InChI is InChI=1S/C16H16F3N3O/c1-11-20-9-7-14(21-11)15(23)22(2)10-8-12-3-5-13(6-4-12)16(17,18)19/h3-7,9H,8,10H2,1-2H3. The molecule has 0 radical (unpaired) electrons. The van der Waals surface area contributed by atoms with Crippen molar-refractivity contribution in [3.8, 4) is 0 Å². The van der Waals surface area contributed by atoms with Crippen molar-refractivity contribution in [3.05, 3.63) is 59.2 Å². The third-order valence-electron chi connectivity index (χ3n) is 3.36. The molecule has 0 fully saturated rings. The van der Waals surface area contributed by atoms with Crippen molar-refractivity contribution in [2.45, 2.75) is 19.5 Å². The van der Waals surface area contributed by atoms with Gasteiger partial charge in [0.15, 0.2) is 0 Å². The van der Waals surface area contributed by atoms with E-state index in [1.165, 1.54) is 29.3 Å². The Balaban J connectivity index is 1.96. The number of alkyl halides is 3. The lowest BCUT2D eigenvalue weighted by Gasteiger charge is -2.17. The van der Waals surface area contributed by atoms with Gasteiger partial charge in [0.1, 0.15) is 11.5 Å². The molecular formula is C16H16F3N3O. The fourth-order valence-corrected chi connectivity index (χ4v) is 2.03. The summed E-state index contributed by atoms with van der Waals surface area (Å²) < 4.78 is 37.5. The molecule has 0 unspecified atom stereocenters. The van der Waals surface area contributed by atoms with E-state index in [2.05, 4.69) is 9.97 Å². The van der Waals surface area contributed by atoms with Crippen LogP contribution >= 0.6 is 0 Å². The third kappa shape index (κ3) is 4.51. The van der Waals surface area contributed by atoms with Crippen LogP contribution in [0.2, 0.25) is 0 Å². The zero-order chi connectivity index (χ0) is 17.0. The second-order valence-electron chi connectivity index (χ2n) is 5.16. The van der Waals surface area contributed by atoms with Gasteiger partial charge >= 0.3 is 6.18 Å². The Morgan fingerprint density at radius 3 is 2.39 bits per heavy atom. The average molecular weight is 323 g/mol. The molecule has 0 saturated carbocycles. The molecule has 0 N–H and O–H groups in total. The number of halogens is 3. The predicted octanol–water partition coefficient (Wildman–Crippen LogP) is 3.12. The van der Waals surface area contributed by atoms with Gasteiger partial charge < -0.3 is 4.90 Å². The van der Waals surface area contributed by atoms with E-state index >= 15 is 0 Å². The molecule has 1 aromatic heterocycles. The Kier molecular flexibility index (Phi) is 4.98. The summed E-state index contributed by atoms with van der Waals surface area (Å²) in [6.45, 7) is 2.08. The van der Waals surface area contributed by atoms with E-state index in [9.17, 15) is 18.0 Å². The Morgan fingerprint density at radius 2 is 1.83 bits per heavy atom. The molecule has 2 rings (SSSR count). The first-order chi connectivity index (χ1) is 10.8. The number of aryl methyl sites for hydroxylation is 1. The molecule has 0 saturated heterocycles. The summed E-state index contributed by atoms with van der Waals surface area (Å²) in [5.41, 5.74) is 0.353. The lowest BCUT2D eigenvalue weighted by Crippen LogP contribution is -2.29. The van der Waals surface area contributed by atoms with Gasteiger partial charge in [-0.25, -0.2) is 9.97 Å². The molecule has 0 aliphatic heterocycles. The molecule has 23 heavy (non-hydrogen) atoms. The van der Waals surface area contributed by atoms with Crippen LogP contribution in [0.1, 0.15) is 27.4 Å². The smallest absolute Gasteiger partial charge is 0.340 e. The van der Waals surface area contributed by atoms with E-state index in [4.69, 9.17) is 0 Å². The molecule has 122 valence electrons. The third-order valence-corrected chi connectivity index (χ3v) is 3.36. The van der Waals surface area contributed by atoms with Gasteiger partial charge in [-0.3, -0.25) is 4.79 Å². The Morgan fingerprint density at radius 1 is 1.17 bits per heavy atom. The monoisotopic (exact) mass is 323 g/mol. The molecule has 1 heterocycles. The van der Waals surface area contributed by atoms with E-state index in [1.54, 1.807) is 14.0 Å². The number of hydrogen-bond donors (Lipinski definition) is 0. The molecular weight excluding hydrogens is 307 g/mol. The van der Waals surface area contributed by atoms with Crippen molar-refractivity contribution in [1.29, 1.82) is 0 Å². The highest BCUT2D eigenvalue weighted by Gasteiger charge is 2.29. The van der Waals surface area contributed by atoms with Crippen LogP contribution in [0.4, 0.5) is 13.2 Å². The van der Waals surface area contributed by atoms with Crippen molar-refractivity contribution >= 4 is 5.91 Å². The quantitative estimate of drug-likeness (QED) is 0.868. The number of rotatable bonds is 4. The molecule has 0 aliphatic carbocycles. The fourth-order valence-electron chi connectivity index (χ4n) is 2.03. The van der Waals surface area contributed by atoms with Crippen LogP contribution < -0.4 is 0 Å². The topological polar surface area (TPSA) is 46.1 Å². The number of nitrogens with zero attached hydrogens (tertiary/aromatic N) is 3. The number of aromatic nitrogens is 2. The number of likely N-dealkylation sites (N-methyl/N-ethyl adjacent to an activating group) is 1. The zero-order valence-corrected chi connectivity index (χ0v) is 12.8. The van der Waals surface area contributed by atoms with E-state index in [-0.39, 0.29) is 5.91 Å². The van der Waals surface area contributed by atoms with Gasteiger partial charge in [0, 0.05) is 19.8 Å². The first kappa shape index (κ1) is 16.9. The van der Waals surface area contributed by atoms with Gasteiger partial charge in [-0.1, -0.05) is 12.1 Å². The van der Waals surface area contributed by atoms with E-state index in [1.807, 2.05) is 0 Å². The predicted molar refractivity (Wildman–Crippen MR) is 78.9 cm³/mol. The van der Waals surface area contributed by atoms with Crippen LogP contribution in [0, 0.1) is 6.92 Å². The SMILES string of the molecule is Cc1nccc(C(=O)N(C)CCc2ccc(C(F)(F)F)cc2)n1. The maximum absolute atomic E-state index is 12.5. The molecule has 7 heteroatoms. The summed E-state index contributed by atoms with van der Waals surface area (Å²) in [5, 5.41) is 0. The average Bonchev–Trinajstić information content (AvgIpc) is 2.51. The maximum Gasteiger partial charge on any atom is 0.416 e. The molecule has 0 atom stereocenters. The number of carbonyl (C=O) groups excluding carboxylic acids is 1. The number of amides is 1. The summed E-state index contributed by atoms with van der Waals surface area (Å²) in [6, 6.07) is 6.48. The number of carbonyl (C=O) groups is 1. The largest absolute Gasteiger partial charge is 0.416 e. The maximum atomic E-state index is 12.5. The van der Waals surface area contributed by atoms with Crippen LogP contribution in [0.3, 0.4) is 0 Å². The molecule has 0 spiro atoms. The number of benzene rings is 1. The van der Waals surface area contributed by atoms with Gasteiger partial charge in [0.05, 0.1) is 5.56 Å². The molecule has 2 aromatic rings. The second-order valence-corrected chi connectivity index (χ2v) is 5.16. The molecule has 0 bridgehead atoms. The summed E-state index contributed by atoms with van der Waals surface area (Å²) >= 11 is 0. The minimum absolute atomic E-state index is 0.248. The lowest BCUT2D eigenvalue weighted by atomic mass is 10.1. The van der Waals surface area contributed by atoms with Gasteiger partial charge in [0.2, 0.25) is 0 Å². The van der Waals surface area contributed by atoms with E-state index in [0.29, 0.717) is 24.5 Å². The molecule has 1 amide bonds. The van der Waals surface area contributed by atoms with Crippen molar-refractivity contribution in [1.82, 2.24) is 14.9 Å². The fraction of sp³-hybridized carbons (Fsp3) is 0.312. The highest BCUT2D eigenvalue weighted by Crippen LogP contribution is 2.29.